The first kappa shape index (κ1) is 22.8. The molecule has 0 bridgehead atoms. The van der Waals surface area contributed by atoms with E-state index >= 15 is 0 Å². The van der Waals surface area contributed by atoms with Crippen LogP contribution in [0.15, 0.2) is 64.6 Å². The van der Waals surface area contributed by atoms with Crippen LogP contribution in [0.4, 0.5) is 5.69 Å². The van der Waals surface area contributed by atoms with Crippen LogP contribution in [0.25, 0.3) is 16.6 Å². The first-order valence-electron chi connectivity index (χ1n) is 11.2. The number of thioether (sulfide) groups is 1. The Morgan fingerprint density at radius 1 is 1.03 bits per heavy atom. The molecule has 0 radical (unpaired) electrons. The molecule has 4 aromatic rings. The molecule has 0 aliphatic carbocycles. The molecule has 1 aliphatic rings. The van der Waals surface area contributed by atoms with Gasteiger partial charge in [-0.25, -0.2) is 8.42 Å². The average Bonchev–Trinajstić information content (AvgIpc) is 3.26. The number of fused-ring (bicyclic) bond motifs is 3. The lowest BCUT2D eigenvalue weighted by Crippen LogP contribution is -2.35. The number of hydrogen-bond acceptors (Lipinski definition) is 6. The molecule has 0 saturated carbocycles. The number of amides is 1. The molecule has 2 aromatic carbocycles. The fourth-order valence-corrected chi connectivity index (χ4v) is 6.53. The predicted molar refractivity (Wildman–Crippen MR) is 134 cm³/mol. The van der Waals surface area contributed by atoms with E-state index in [2.05, 4.69) is 21.6 Å². The second kappa shape index (κ2) is 9.36. The highest BCUT2D eigenvalue weighted by Crippen LogP contribution is 2.26. The van der Waals surface area contributed by atoms with E-state index in [0.29, 0.717) is 23.9 Å². The molecular weight excluding hydrogens is 470 g/mol. The lowest BCUT2D eigenvalue weighted by Gasteiger charge is -2.25. The zero-order chi connectivity index (χ0) is 23.7. The van der Waals surface area contributed by atoms with Gasteiger partial charge in [-0.1, -0.05) is 36.4 Å². The summed E-state index contributed by atoms with van der Waals surface area (Å²) in [7, 11) is -3.49. The van der Waals surface area contributed by atoms with E-state index in [1.54, 1.807) is 24.3 Å². The van der Waals surface area contributed by atoms with Crippen molar-refractivity contribution in [1.29, 1.82) is 0 Å². The number of piperidine rings is 1. The van der Waals surface area contributed by atoms with Gasteiger partial charge in [0.25, 0.3) is 0 Å². The number of sulfonamides is 1. The summed E-state index contributed by atoms with van der Waals surface area (Å²) in [5.74, 6) is -0.0543. The van der Waals surface area contributed by atoms with Crippen molar-refractivity contribution in [3.8, 4) is 0 Å². The first-order valence-corrected chi connectivity index (χ1v) is 13.6. The molecule has 1 N–H and O–H groups in total. The Labute approximate surface area is 202 Å². The third-order valence-corrected chi connectivity index (χ3v) is 8.84. The Bertz CT molecular complexity index is 1460. The number of carbonyl (C=O) groups is 1. The van der Waals surface area contributed by atoms with E-state index in [1.807, 2.05) is 35.6 Å². The molecule has 1 fully saturated rings. The van der Waals surface area contributed by atoms with E-state index in [1.165, 1.54) is 16.1 Å². The summed E-state index contributed by atoms with van der Waals surface area (Å²) < 4.78 is 29.1. The molecule has 8 nitrogen and oxygen atoms in total. The second-order valence-corrected chi connectivity index (χ2v) is 11.2. The van der Waals surface area contributed by atoms with Crippen molar-refractivity contribution >= 4 is 49.9 Å². The Balaban J connectivity index is 1.26. The minimum absolute atomic E-state index is 0.150. The Morgan fingerprint density at radius 2 is 1.76 bits per heavy atom. The predicted octanol–water partition coefficient (Wildman–Crippen LogP) is 4.10. The fourth-order valence-electron chi connectivity index (χ4n) is 4.26. The summed E-state index contributed by atoms with van der Waals surface area (Å²) in [4.78, 5) is 12.8. The van der Waals surface area contributed by atoms with E-state index < -0.39 is 10.0 Å². The van der Waals surface area contributed by atoms with Crippen LogP contribution < -0.4 is 5.32 Å². The highest BCUT2D eigenvalue weighted by Gasteiger charge is 2.25. The maximum Gasteiger partial charge on any atom is 0.243 e. The van der Waals surface area contributed by atoms with Crippen LogP contribution in [-0.4, -0.2) is 52.1 Å². The summed E-state index contributed by atoms with van der Waals surface area (Å²) >= 11 is 1.31. The summed E-state index contributed by atoms with van der Waals surface area (Å²) in [6, 6.07) is 16.4. The summed E-state index contributed by atoms with van der Waals surface area (Å²) in [6.07, 6.45) is 2.85. The molecule has 1 amide bonds. The Morgan fingerprint density at radius 3 is 2.53 bits per heavy atom. The van der Waals surface area contributed by atoms with Crippen LogP contribution >= 0.6 is 11.8 Å². The van der Waals surface area contributed by atoms with Gasteiger partial charge in [-0.15, -0.1) is 10.2 Å². The lowest BCUT2D eigenvalue weighted by molar-refractivity contribution is -0.113. The van der Waals surface area contributed by atoms with Gasteiger partial charge in [-0.3, -0.25) is 9.20 Å². The van der Waals surface area contributed by atoms with E-state index in [4.69, 9.17) is 0 Å². The Kier molecular flexibility index (Phi) is 6.28. The molecule has 176 valence electrons. The number of benzene rings is 2. The standard InChI is InChI=1S/C24H25N5O3S2/c1-17-15-22-26-27-24(29(22)21-8-4-3-7-20(17)21)33-16-23(30)25-18-9-11-19(12-10-18)34(31,32)28-13-5-2-6-14-28/h3-4,7-12,15H,2,5-6,13-14,16H2,1H3,(H,25,30). The second-order valence-electron chi connectivity index (χ2n) is 8.35. The molecule has 0 atom stereocenters. The number of carbonyl (C=O) groups excluding carboxylic acids is 1. The van der Waals surface area contributed by atoms with Gasteiger partial charge < -0.3 is 5.32 Å². The largest absolute Gasteiger partial charge is 0.325 e. The number of anilines is 1. The number of nitrogens with zero attached hydrogens (tertiary/aromatic N) is 4. The maximum absolute atomic E-state index is 12.8. The SMILES string of the molecule is Cc1cc2nnc(SCC(=O)Nc3ccc(S(=O)(=O)N4CCCCC4)cc3)n2c2ccccc12. The van der Waals surface area contributed by atoms with Crippen molar-refractivity contribution in [2.45, 2.75) is 36.2 Å². The van der Waals surface area contributed by atoms with Crippen LogP contribution in [0.5, 0.6) is 0 Å². The molecule has 0 unspecified atom stereocenters. The topological polar surface area (TPSA) is 96.7 Å². The molecule has 3 heterocycles. The minimum Gasteiger partial charge on any atom is -0.325 e. The normalized spacial score (nSPS) is 15.1. The van der Waals surface area contributed by atoms with Crippen LogP contribution in [-0.2, 0) is 14.8 Å². The molecule has 1 aliphatic heterocycles. The van der Waals surface area contributed by atoms with Crippen molar-refractivity contribution in [1.82, 2.24) is 18.9 Å². The third kappa shape index (κ3) is 4.40. The number of nitrogens with one attached hydrogen (secondary N) is 1. The molecule has 2 aromatic heterocycles. The Hall–Kier alpha value is -2.95. The van der Waals surface area contributed by atoms with Gasteiger partial charge in [0.2, 0.25) is 15.9 Å². The van der Waals surface area contributed by atoms with Gasteiger partial charge in [0.1, 0.15) is 0 Å². The maximum atomic E-state index is 12.8. The van der Waals surface area contributed by atoms with Crippen LogP contribution in [0.3, 0.4) is 0 Å². The highest BCUT2D eigenvalue weighted by molar-refractivity contribution is 7.99. The fraction of sp³-hybridized carbons (Fsp3) is 0.292. The average molecular weight is 496 g/mol. The lowest BCUT2D eigenvalue weighted by atomic mass is 10.1. The highest BCUT2D eigenvalue weighted by atomic mass is 32.2. The monoisotopic (exact) mass is 495 g/mol. The van der Waals surface area contributed by atoms with Gasteiger partial charge in [0.05, 0.1) is 16.2 Å². The summed E-state index contributed by atoms with van der Waals surface area (Å²) in [6.45, 7) is 3.16. The first-order chi connectivity index (χ1) is 16.4. The molecule has 5 rings (SSSR count). The van der Waals surface area contributed by atoms with Crippen LogP contribution in [0.2, 0.25) is 0 Å². The summed E-state index contributed by atoms with van der Waals surface area (Å²) in [5.41, 5.74) is 3.41. The molecule has 10 heteroatoms. The van der Waals surface area contributed by atoms with E-state index in [0.717, 1.165) is 41.4 Å². The molecular formula is C24H25N5O3S2. The van der Waals surface area contributed by atoms with Gasteiger partial charge in [0, 0.05) is 24.2 Å². The van der Waals surface area contributed by atoms with Gasteiger partial charge in [-0.2, -0.15) is 4.31 Å². The molecule has 34 heavy (non-hydrogen) atoms. The van der Waals surface area contributed by atoms with Crippen LogP contribution in [0.1, 0.15) is 24.8 Å². The zero-order valence-corrected chi connectivity index (χ0v) is 20.4. The number of para-hydroxylation sites is 1. The van der Waals surface area contributed by atoms with Crippen molar-refractivity contribution in [3.05, 3.63) is 60.2 Å². The quantitative estimate of drug-likeness (QED) is 0.405. The van der Waals surface area contributed by atoms with E-state index in [9.17, 15) is 13.2 Å². The van der Waals surface area contributed by atoms with Crippen LogP contribution in [0, 0.1) is 6.92 Å². The molecule has 1 saturated heterocycles. The number of aromatic nitrogens is 3. The van der Waals surface area contributed by atoms with Gasteiger partial charge in [0.15, 0.2) is 10.8 Å². The van der Waals surface area contributed by atoms with Crippen molar-refractivity contribution in [2.24, 2.45) is 0 Å². The summed E-state index contributed by atoms with van der Waals surface area (Å²) in [5, 5.41) is 13.1. The van der Waals surface area contributed by atoms with Gasteiger partial charge >= 0.3 is 0 Å². The smallest absolute Gasteiger partial charge is 0.243 e. The number of pyridine rings is 1. The number of rotatable bonds is 6. The zero-order valence-electron chi connectivity index (χ0n) is 18.8. The van der Waals surface area contributed by atoms with Crippen molar-refractivity contribution < 1.29 is 13.2 Å². The minimum atomic E-state index is -3.49. The number of aryl methyl sites for hydroxylation is 1. The third-order valence-electron chi connectivity index (χ3n) is 6.00. The number of hydrogen-bond donors (Lipinski definition) is 1. The van der Waals surface area contributed by atoms with E-state index in [-0.39, 0.29) is 16.6 Å². The van der Waals surface area contributed by atoms with Crippen molar-refractivity contribution in [2.75, 3.05) is 24.2 Å². The van der Waals surface area contributed by atoms with Crippen molar-refractivity contribution in [3.63, 3.8) is 0 Å². The molecule has 0 spiro atoms. The van der Waals surface area contributed by atoms with Gasteiger partial charge in [-0.05, 0) is 61.7 Å².